The molecule has 0 fully saturated rings. The van der Waals surface area contributed by atoms with Gasteiger partial charge in [-0.2, -0.15) is 19.5 Å². The Labute approximate surface area is 334 Å². The summed E-state index contributed by atoms with van der Waals surface area (Å²) in [5.41, 5.74) is 6.96. The van der Waals surface area contributed by atoms with Gasteiger partial charge in [0.2, 0.25) is 10.6 Å². The highest BCUT2D eigenvalue weighted by molar-refractivity contribution is 7.25. The third-order valence-corrected chi connectivity index (χ3v) is 11.7. The molecule has 0 N–H and O–H groups in total. The van der Waals surface area contributed by atoms with Crippen LogP contribution in [0.15, 0.2) is 124 Å². The zero-order chi connectivity index (χ0) is 36.9. The minimum atomic E-state index is 0.0217. The summed E-state index contributed by atoms with van der Waals surface area (Å²) in [6.45, 7) is 0. The fourth-order valence-corrected chi connectivity index (χ4v) is 9.34. The number of thiophene rings is 1. The Kier molecular flexibility index (Phi) is 7.39. The summed E-state index contributed by atoms with van der Waals surface area (Å²) >= 11 is 27.6. The van der Waals surface area contributed by atoms with Crippen molar-refractivity contribution in [3.05, 3.63) is 136 Å². The third-order valence-electron chi connectivity index (χ3n) is 9.76. The minimum Gasteiger partial charge on any atom is -0.456 e. The van der Waals surface area contributed by atoms with Gasteiger partial charge in [0.05, 0.1) is 5.56 Å². The summed E-state index contributed by atoms with van der Waals surface area (Å²) in [5.74, 6) is 0.815. The zero-order valence-corrected chi connectivity index (χ0v) is 31.7. The number of hydrogen-bond acceptors (Lipinski definition) is 8. The Hall–Kier alpha value is -5.68. The molecule has 0 unspecified atom stereocenters. The molecule has 0 saturated heterocycles. The Morgan fingerprint density at radius 2 is 1.09 bits per heavy atom. The average Bonchev–Trinajstić information content (AvgIpc) is 3.87. The van der Waals surface area contributed by atoms with Gasteiger partial charge in [0.15, 0.2) is 5.82 Å². The number of aromatic nitrogens is 6. The van der Waals surface area contributed by atoms with Gasteiger partial charge in [0.25, 0.3) is 0 Å². The Morgan fingerprint density at radius 3 is 1.89 bits per heavy atom. The first-order valence-electron chi connectivity index (χ1n) is 16.9. The molecule has 0 radical (unpaired) electrons. The molecule has 0 saturated carbocycles. The Balaban J connectivity index is 0.978. The van der Waals surface area contributed by atoms with Gasteiger partial charge in [-0.15, -0.1) is 11.3 Å². The molecule has 8 nitrogen and oxygen atoms in total. The number of nitrogens with zero attached hydrogens (tertiary/aromatic N) is 6. The Bertz CT molecular complexity index is 3370. The lowest BCUT2D eigenvalue weighted by molar-refractivity contribution is -0.597. The van der Waals surface area contributed by atoms with Gasteiger partial charge >= 0.3 is 16.4 Å². The molecule has 5 heterocycles. The van der Waals surface area contributed by atoms with Crippen LogP contribution in [-0.2, 0) is 0 Å². The van der Waals surface area contributed by atoms with Crippen LogP contribution in [0.5, 0.6) is 0 Å². The van der Waals surface area contributed by atoms with Gasteiger partial charge in [0, 0.05) is 58.9 Å². The molecule has 0 spiro atoms. The monoisotopic (exact) mass is 811 g/mol. The lowest BCUT2D eigenvalue weighted by Crippen LogP contribution is -2.36. The maximum atomic E-state index is 6.85. The standard InChI is InChI=1S/C42H19Cl4N6O2S/c43-39-47-37(48-40(44)51-39)21-10-15-32-30(17-21)29-16-20(9-14-31(29)53-32)24-5-3-6-28-25-13-11-23(19-33(25)54-36(24)28)52-41(45)49-38(50-42(52)46)22-8-12-27-26-4-1-2-7-34(26)55-35(27)18-22/h1-19H/q+1. The number of rotatable bonds is 4. The summed E-state index contributed by atoms with van der Waals surface area (Å²) < 4.78 is 16.8. The topological polar surface area (TPSA) is 94.6 Å². The number of halogens is 4. The number of furan rings is 2. The second-order valence-electron chi connectivity index (χ2n) is 12.9. The van der Waals surface area contributed by atoms with Crippen LogP contribution in [0.4, 0.5) is 0 Å². The molecule has 262 valence electrons. The molecule has 0 amide bonds. The fraction of sp³-hybridized carbons (Fsp3) is 0. The molecule has 0 aliphatic rings. The zero-order valence-electron chi connectivity index (χ0n) is 27.9. The molecule has 0 bridgehead atoms. The van der Waals surface area contributed by atoms with Gasteiger partial charge < -0.3 is 8.83 Å². The van der Waals surface area contributed by atoms with E-state index in [0.717, 1.165) is 65.2 Å². The second kappa shape index (κ2) is 12.4. The number of benzene rings is 6. The van der Waals surface area contributed by atoms with Crippen molar-refractivity contribution in [1.29, 1.82) is 0 Å². The lowest BCUT2D eigenvalue weighted by atomic mass is 10.00. The van der Waals surface area contributed by atoms with E-state index >= 15 is 0 Å². The number of hydrogen-bond donors (Lipinski definition) is 0. The van der Waals surface area contributed by atoms with Crippen LogP contribution in [-0.4, -0.2) is 24.9 Å². The van der Waals surface area contributed by atoms with E-state index in [1.165, 1.54) is 15.5 Å². The van der Waals surface area contributed by atoms with Crippen LogP contribution in [0.3, 0.4) is 0 Å². The predicted molar refractivity (Wildman–Crippen MR) is 221 cm³/mol. The highest BCUT2D eigenvalue weighted by Crippen LogP contribution is 2.40. The lowest BCUT2D eigenvalue weighted by Gasteiger charge is -2.04. The van der Waals surface area contributed by atoms with Crippen LogP contribution >= 0.6 is 57.7 Å². The van der Waals surface area contributed by atoms with Crippen LogP contribution in [0.1, 0.15) is 0 Å². The van der Waals surface area contributed by atoms with E-state index in [1.54, 1.807) is 15.9 Å². The minimum absolute atomic E-state index is 0.0217. The van der Waals surface area contributed by atoms with E-state index in [-0.39, 0.29) is 21.1 Å². The van der Waals surface area contributed by atoms with Crippen molar-refractivity contribution in [2.45, 2.75) is 0 Å². The van der Waals surface area contributed by atoms with E-state index in [2.05, 4.69) is 61.3 Å². The summed E-state index contributed by atoms with van der Waals surface area (Å²) in [6.07, 6.45) is 0. The molecule has 13 heteroatoms. The summed E-state index contributed by atoms with van der Waals surface area (Å²) in [5, 5.41) is 6.52. The van der Waals surface area contributed by atoms with Crippen LogP contribution in [0.25, 0.3) is 104 Å². The van der Waals surface area contributed by atoms with Gasteiger partial charge in [0.1, 0.15) is 28.0 Å². The summed E-state index contributed by atoms with van der Waals surface area (Å²) in [4.78, 5) is 21.7. The Morgan fingerprint density at radius 1 is 0.455 bits per heavy atom. The van der Waals surface area contributed by atoms with E-state index in [9.17, 15) is 0 Å². The molecule has 55 heavy (non-hydrogen) atoms. The van der Waals surface area contributed by atoms with Crippen molar-refractivity contribution in [1.82, 2.24) is 24.9 Å². The second-order valence-corrected chi connectivity index (χ2v) is 15.4. The van der Waals surface area contributed by atoms with E-state index in [4.69, 9.17) is 55.2 Å². The summed E-state index contributed by atoms with van der Waals surface area (Å²) in [6, 6.07) is 38.3. The van der Waals surface area contributed by atoms with Crippen LogP contribution in [0.2, 0.25) is 21.1 Å². The molecule has 0 atom stereocenters. The number of fused-ring (bicyclic) bond motifs is 9. The molecule has 5 aromatic heterocycles. The first-order chi connectivity index (χ1) is 26.8. The first-order valence-corrected chi connectivity index (χ1v) is 19.2. The molecule has 0 aliphatic heterocycles. The van der Waals surface area contributed by atoms with E-state index in [1.807, 2.05) is 78.9 Å². The van der Waals surface area contributed by atoms with Crippen LogP contribution < -0.4 is 4.57 Å². The number of para-hydroxylation sites is 1. The molecule has 11 aromatic rings. The maximum Gasteiger partial charge on any atom is 0.344 e. The molecule has 11 rings (SSSR count). The normalized spacial score (nSPS) is 12.0. The van der Waals surface area contributed by atoms with Crippen molar-refractivity contribution < 1.29 is 13.4 Å². The quantitative estimate of drug-likeness (QED) is 0.163. The van der Waals surface area contributed by atoms with Gasteiger partial charge in [-0.3, -0.25) is 0 Å². The molecular weight excluding hydrogens is 794 g/mol. The molecular formula is C42H19Cl4N6O2S+. The summed E-state index contributed by atoms with van der Waals surface area (Å²) in [7, 11) is 0. The molecule has 0 aliphatic carbocycles. The SMILES string of the molecule is Clc1nc(Cl)nc(-c2ccc3oc4ccc(-c5cccc6c5oc5cc(-[n+]7c(Cl)nc(-c8ccc9c(c8)sc8ccccc89)nc7Cl)ccc56)cc4c3c2)n1. The van der Waals surface area contributed by atoms with Crippen molar-refractivity contribution >= 4 is 122 Å². The van der Waals surface area contributed by atoms with Crippen LogP contribution in [0, 0.1) is 0 Å². The highest BCUT2D eigenvalue weighted by Gasteiger charge is 2.24. The molecule has 6 aromatic carbocycles. The van der Waals surface area contributed by atoms with Crippen molar-refractivity contribution in [3.63, 3.8) is 0 Å². The average molecular weight is 814 g/mol. The maximum absolute atomic E-state index is 6.85. The van der Waals surface area contributed by atoms with Gasteiger partial charge in [-0.05, 0) is 113 Å². The first kappa shape index (κ1) is 32.7. The van der Waals surface area contributed by atoms with Gasteiger partial charge in [-0.1, -0.05) is 58.5 Å². The fourth-order valence-electron chi connectivity index (χ4n) is 7.28. The van der Waals surface area contributed by atoms with E-state index in [0.29, 0.717) is 22.9 Å². The van der Waals surface area contributed by atoms with Crippen molar-refractivity contribution in [2.75, 3.05) is 0 Å². The highest BCUT2D eigenvalue weighted by atomic mass is 35.5. The largest absolute Gasteiger partial charge is 0.456 e. The van der Waals surface area contributed by atoms with Crippen molar-refractivity contribution in [2.24, 2.45) is 0 Å². The predicted octanol–water partition coefficient (Wildman–Crippen LogP) is 12.7. The third kappa shape index (κ3) is 5.34. The van der Waals surface area contributed by atoms with Gasteiger partial charge in [-0.25, -0.2) is 0 Å². The smallest absolute Gasteiger partial charge is 0.344 e. The van der Waals surface area contributed by atoms with Crippen molar-refractivity contribution in [3.8, 4) is 39.6 Å². The van der Waals surface area contributed by atoms with E-state index < -0.39 is 0 Å².